The maximum absolute atomic E-state index is 10.5. The molecule has 0 radical (unpaired) electrons. The van der Waals surface area contributed by atoms with Crippen LogP contribution in [0.4, 0.5) is 0 Å². The van der Waals surface area contributed by atoms with Crippen molar-refractivity contribution in [1.82, 2.24) is 9.13 Å². The van der Waals surface area contributed by atoms with E-state index >= 15 is 0 Å². The van der Waals surface area contributed by atoms with Crippen LogP contribution in [0.15, 0.2) is 152 Å². The highest BCUT2D eigenvalue weighted by Gasteiger charge is 2.21. The third kappa shape index (κ3) is 4.31. The molecular weight excluding hydrogens is 611 g/mol. The van der Waals surface area contributed by atoms with Crippen LogP contribution in [0, 0.1) is 34.0 Å². The molecule has 50 heavy (non-hydrogen) atoms. The Morgan fingerprint density at radius 1 is 0.400 bits per heavy atom. The van der Waals surface area contributed by atoms with Gasteiger partial charge in [-0.25, -0.2) is 0 Å². The molecule has 0 aliphatic carbocycles. The molecule has 0 aliphatic heterocycles. The summed E-state index contributed by atoms with van der Waals surface area (Å²) in [5.41, 5.74) is 11.5. The van der Waals surface area contributed by atoms with Crippen molar-refractivity contribution < 1.29 is 0 Å². The van der Waals surface area contributed by atoms with E-state index in [0.29, 0.717) is 16.7 Å². The van der Waals surface area contributed by atoms with Crippen molar-refractivity contribution in [2.45, 2.75) is 0 Å². The first-order chi connectivity index (χ1) is 24.7. The Labute approximate surface area is 287 Å². The lowest BCUT2D eigenvalue weighted by atomic mass is 9.90. The second kappa shape index (κ2) is 11.4. The predicted octanol–water partition coefficient (Wildman–Crippen LogP) is 10.8. The van der Waals surface area contributed by atoms with Crippen LogP contribution in [0.1, 0.15) is 16.7 Å². The van der Waals surface area contributed by atoms with E-state index in [-0.39, 0.29) is 0 Å². The zero-order valence-corrected chi connectivity index (χ0v) is 26.7. The van der Waals surface area contributed by atoms with Gasteiger partial charge in [-0.1, -0.05) is 78.9 Å². The van der Waals surface area contributed by atoms with Crippen LogP contribution in [0.5, 0.6) is 0 Å². The molecule has 230 valence electrons. The Bertz CT molecular complexity index is 2850. The highest BCUT2D eigenvalue weighted by molar-refractivity contribution is 6.11. The molecule has 2 heterocycles. The summed E-state index contributed by atoms with van der Waals surface area (Å²) in [6, 6.07) is 57.9. The number of nitrogens with zero attached hydrogens (tertiary/aromatic N) is 5. The Morgan fingerprint density at radius 3 is 1.58 bits per heavy atom. The zero-order valence-electron chi connectivity index (χ0n) is 26.7. The summed E-state index contributed by atoms with van der Waals surface area (Å²) in [5.74, 6) is 0. The lowest BCUT2D eigenvalue weighted by Gasteiger charge is -2.19. The predicted molar refractivity (Wildman–Crippen MR) is 200 cm³/mol. The molecule has 5 nitrogen and oxygen atoms in total. The zero-order chi connectivity index (χ0) is 33.8. The fourth-order valence-electron chi connectivity index (χ4n) is 7.49. The molecule has 0 spiro atoms. The van der Waals surface area contributed by atoms with Gasteiger partial charge in [0.25, 0.3) is 0 Å². The average Bonchev–Trinajstić information content (AvgIpc) is 3.69. The summed E-state index contributed by atoms with van der Waals surface area (Å²) in [7, 11) is 0. The Balaban J connectivity index is 1.29. The lowest BCUT2D eigenvalue weighted by molar-refractivity contribution is 1.18. The van der Waals surface area contributed by atoms with E-state index in [9.17, 15) is 15.8 Å². The van der Waals surface area contributed by atoms with E-state index in [1.165, 1.54) is 0 Å². The normalized spacial score (nSPS) is 11.1. The molecule has 0 saturated carbocycles. The minimum atomic E-state index is 0.566. The molecule has 9 rings (SSSR count). The molecule has 7 aromatic carbocycles. The molecule has 2 aromatic heterocycles. The van der Waals surface area contributed by atoms with Crippen molar-refractivity contribution in [1.29, 1.82) is 15.8 Å². The molecule has 0 bridgehead atoms. The van der Waals surface area contributed by atoms with Gasteiger partial charge in [0, 0.05) is 32.8 Å². The van der Waals surface area contributed by atoms with E-state index in [1.54, 1.807) is 0 Å². The molecular formula is C45H25N5. The molecule has 0 atom stereocenters. The summed E-state index contributed by atoms with van der Waals surface area (Å²) in [5, 5.41) is 34.0. The fraction of sp³-hybridized carbons (Fsp3) is 0. The molecule has 0 fully saturated rings. The van der Waals surface area contributed by atoms with Crippen LogP contribution >= 0.6 is 0 Å². The van der Waals surface area contributed by atoms with Gasteiger partial charge in [-0.3, -0.25) is 0 Å². The van der Waals surface area contributed by atoms with Gasteiger partial charge < -0.3 is 9.13 Å². The van der Waals surface area contributed by atoms with Crippen LogP contribution in [-0.4, -0.2) is 9.13 Å². The Kier molecular flexibility index (Phi) is 6.56. The monoisotopic (exact) mass is 635 g/mol. The molecule has 9 aromatic rings. The third-order valence-corrected chi connectivity index (χ3v) is 9.62. The molecule has 0 aliphatic rings. The summed E-state index contributed by atoms with van der Waals surface area (Å²) in [6.07, 6.45) is 0. The van der Waals surface area contributed by atoms with Crippen molar-refractivity contribution >= 4 is 43.6 Å². The third-order valence-electron chi connectivity index (χ3n) is 9.62. The van der Waals surface area contributed by atoms with Gasteiger partial charge in [0.2, 0.25) is 0 Å². The van der Waals surface area contributed by atoms with Crippen molar-refractivity contribution in [3.63, 3.8) is 0 Å². The van der Waals surface area contributed by atoms with Gasteiger partial charge >= 0.3 is 0 Å². The summed E-state index contributed by atoms with van der Waals surface area (Å²) in [4.78, 5) is 0. The largest absolute Gasteiger partial charge is 0.309 e. The number of fused-ring (bicyclic) bond motifs is 6. The number of hydrogen-bond donors (Lipinski definition) is 0. The van der Waals surface area contributed by atoms with Crippen LogP contribution in [-0.2, 0) is 0 Å². The summed E-state index contributed by atoms with van der Waals surface area (Å²) >= 11 is 0. The molecule has 5 heteroatoms. The average molecular weight is 636 g/mol. The van der Waals surface area contributed by atoms with Crippen LogP contribution in [0.2, 0.25) is 0 Å². The van der Waals surface area contributed by atoms with E-state index in [4.69, 9.17) is 0 Å². The van der Waals surface area contributed by atoms with Crippen molar-refractivity contribution in [3.05, 3.63) is 168 Å². The first kappa shape index (κ1) is 28.8. The number of hydrogen-bond acceptors (Lipinski definition) is 3. The van der Waals surface area contributed by atoms with Crippen LogP contribution in [0.3, 0.4) is 0 Å². The van der Waals surface area contributed by atoms with Gasteiger partial charge in [0.15, 0.2) is 0 Å². The maximum atomic E-state index is 10.5. The minimum Gasteiger partial charge on any atom is -0.309 e. The Morgan fingerprint density at radius 2 is 0.960 bits per heavy atom. The van der Waals surface area contributed by atoms with Crippen molar-refractivity contribution in [2.24, 2.45) is 0 Å². The quantitative estimate of drug-likeness (QED) is 0.193. The molecule has 0 amide bonds. The number of nitriles is 3. The van der Waals surface area contributed by atoms with E-state index in [0.717, 1.165) is 77.2 Å². The fourth-order valence-corrected chi connectivity index (χ4v) is 7.49. The van der Waals surface area contributed by atoms with E-state index < -0.39 is 0 Å². The molecule has 0 saturated heterocycles. The Hall–Kier alpha value is -7.39. The summed E-state index contributed by atoms with van der Waals surface area (Å²) in [6.45, 7) is 0. The minimum absolute atomic E-state index is 0.566. The first-order valence-corrected chi connectivity index (χ1v) is 16.3. The molecule has 0 unspecified atom stereocenters. The van der Waals surface area contributed by atoms with Gasteiger partial charge in [-0.05, 0) is 89.5 Å². The second-order valence-electron chi connectivity index (χ2n) is 12.3. The maximum Gasteiger partial charge on any atom is 0.0998 e. The summed E-state index contributed by atoms with van der Waals surface area (Å²) < 4.78 is 4.46. The van der Waals surface area contributed by atoms with E-state index in [1.807, 2.05) is 60.7 Å². The van der Waals surface area contributed by atoms with Gasteiger partial charge in [0.1, 0.15) is 0 Å². The number of benzene rings is 7. The smallest absolute Gasteiger partial charge is 0.0998 e. The number of aromatic nitrogens is 2. The second-order valence-corrected chi connectivity index (χ2v) is 12.3. The van der Waals surface area contributed by atoms with Gasteiger partial charge in [0.05, 0.1) is 62.7 Å². The van der Waals surface area contributed by atoms with Crippen molar-refractivity contribution in [3.8, 4) is 51.8 Å². The van der Waals surface area contributed by atoms with Gasteiger partial charge in [-0.2, -0.15) is 15.8 Å². The number of rotatable bonds is 4. The van der Waals surface area contributed by atoms with Crippen molar-refractivity contribution in [2.75, 3.05) is 0 Å². The highest BCUT2D eigenvalue weighted by Crippen LogP contribution is 2.42. The SMILES string of the molecule is N#Cc1ccc2c(c1)c1cc(C#N)ccc1n2-c1cccc(-c2ccccc2-c2c(C#N)cccc2-n2c3ccccc3c3ccccc32)c1. The molecule has 0 N–H and O–H groups in total. The standard InChI is InChI=1S/C45H25N5/c46-26-29-19-21-42-38(23-29)39-24-30(27-47)20-22-43(39)49(42)33-11-7-9-31(25-33)34-12-1-2-15-37(34)45-32(28-48)10-8-18-44(45)50-40-16-5-3-13-35(40)36-14-4-6-17-41(36)50/h1-25H. The van der Waals surface area contributed by atoms with Gasteiger partial charge in [-0.15, -0.1) is 0 Å². The number of para-hydroxylation sites is 2. The first-order valence-electron chi connectivity index (χ1n) is 16.3. The highest BCUT2D eigenvalue weighted by atomic mass is 15.0. The topological polar surface area (TPSA) is 81.2 Å². The van der Waals surface area contributed by atoms with E-state index in [2.05, 4.69) is 118 Å². The van der Waals surface area contributed by atoms with Crippen LogP contribution < -0.4 is 0 Å². The lowest BCUT2D eigenvalue weighted by Crippen LogP contribution is -2.00. The van der Waals surface area contributed by atoms with Crippen LogP contribution in [0.25, 0.3) is 77.2 Å².